The lowest BCUT2D eigenvalue weighted by Crippen LogP contribution is -2.31. The van der Waals surface area contributed by atoms with Gasteiger partial charge in [-0.3, -0.25) is 14.9 Å². The Kier molecular flexibility index (Phi) is 11.2. The minimum atomic E-state index is -0.372. The van der Waals surface area contributed by atoms with E-state index in [9.17, 15) is 14.9 Å². The molecular formula is C29H38N6O4. The van der Waals surface area contributed by atoms with Gasteiger partial charge >= 0.3 is 5.69 Å². The minimum absolute atomic E-state index is 0.0757. The number of benzene rings is 2. The van der Waals surface area contributed by atoms with Crippen LogP contribution in [-0.2, 0) is 22.6 Å². The highest BCUT2D eigenvalue weighted by atomic mass is 16.6. The molecule has 2 aromatic carbocycles. The maximum atomic E-state index is 12.2. The van der Waals surface area contributed by atoms with Gasteiger partial charge < -0.3 is 20.3 Å². The predicted octanol–water partition coefficient (Wildman–Crippen LogP) is 4.96. The molecule has 2 heterocycles. The molecule has 10 heteroatoms. The van der Waals surface area contributed by atoms with Crippen LogP contribution in [-0.4, -0.2) is 46.6 Å². The molecule has 1 fully saturated rings. The van der Waals surface area contributed by atoms with Crippen LogP contribution in [0, 0.1) is 16.0 Å². The molecule has 4 rings (SSSR count). The molecule has 39 heavy (non-hydrogen) atoms. The number of piperidine rings is 1. The molecule has 0 amide bonds. The van der Waals surface area contributed by atoms with Crippen molar-refractivity contribution in [1.29, 1.82) is 0 Å². The van der Waals surface area contributed by atoms with Crippen LogP contribution in [0.15, 0.2) is 67.0 Å². The zero-order valence-corrected chi connectivity index (χ0v) is 22.9. The van der Waals surface area contributed by atoms with E-state index < -0.39 is 0 Å². The second-order valence-electron chi connectivity index (χ2n) is 10.4. The lowest BCUT2D eigenvalue weighted by molar-refractivity contribution is -0.383. The molecule has 0 atom stereocenters. The highest BCUT2D eigenvalue weighted by Gasteiger charge is 2.28. The zero-order valence-electron chi connectivity index (χ0n) is 22.9. The van der Waals surface area contributed by atoms with Gasteiger partial charge in [0.25, 0.3) is 6.47 Å². The first-order valence-corrected chi connectivity index (χ1v) is 13.1. The van der Waals surface area contributed by atoms with Crippen molar-refractivity contribution in [3.63, 3.8) is 0 Å². The average Bonchev–Trinajstić information content (AvgIpc) is 2.92. The summed E-state index contributed by atoms with van der Waals surface area (Å²) in [7, 11) is 0. The second-order valence-corrected chi connectivity index (χ2v) is 10.4. The number of nitrogens with one attached hydrogen (secondary N) is 2. The maximum Gasteiger partial charge on any atom is 0.353 e. The van der Waals surface area contributed by atoms with E-state index in [-0.39, 0.29) is 22.0 Å². The van der Waals surface area contributed by atoms with Gasteiger partial charge in [0.05, 0.1) is 4.92 Å². The third kappa shape index (κ3) is 9.97. The Hall–Kier alpha value is -4.05. The van der Waals surface area contributed by atoms with E-state index in [1.165, 1.54) is 6.33 Å². The second kappa shape index (κ2) is 14.8. The van der Waals surface area contributed by atoms with Gasteiger partial charge in [0.15, 0.2) is 0 Å². The topological polar surface area (TPSA) is 123 Å². The summed E-state index contributed by atoms with van der Waals surface area (Å²) in [6.07, 6.45) is 3.51. The van der Waals surface area contributed by atoms with Crippen LogP contribution in [0.5, 0.6) is 0 Å². The number of aromatic nitrogens is 2. The van der Waals surface area contributed by atoms with Gasteiger partial charge in [0.2, 0.25) is 11.6 Å². The van der Waals surface area contributed by atoms with Crippen molar-refractivity contribution in [2.24, 2.45) is 5.92 Å². The number of carbonyl (C=O) groups excluding carboxylic acids is 1. The third-order valence-corrected chi connectivity index (χ3v) is 6.14. The monoisotopic (exact) mass is 534 g/mol. The number of nitro groups is 1. The molecule has 0 bridgehead atoms. The van der Waals surface area contributed by atoms with E-state index in [1.54, 1.807) is 0 Å². The van der Waals surface area contributed by atoms with Crippen LogP contribution in [0.1, 0.15) is 44.7 Å². The number of hydrogen-bond donors (Lipinski definition) is 2. The van der Waals surface area contributed by atoms with E-state index in [0.29, 0.717) is 37.8 Å². The Morgan fingerprint density at radius 1 is 1.03 bits per heavy atom. The highest BCUT2D eigenvalue weighted by molar-refractivity contribution is 5.70. The summed E-state index contributed by atoms with van der Waals surface area (Å²) < 4.78 is 4.55. The Labute approximate surface area is 230 Å². The van der Waals surface area contributed by atoms with Crippen LogP contribution >= 0.6 is 0 Å². The molecule has 208 valence electrons. The average molecular weight is 535 g/mol. The molecule has 0 aliphatic carbocycles. The first-order valence-electron chi connectivity index (χ1n) is 13.1. The van der Waals surface area contributed by atoms with Crippen molar-refractivity contribution in [3.05, 3.63) is 88.2 Å². The van der Waals surface area contributed by atoms with E-state index in [4.69, 9.17) is 0 Å². The normalized spacial score (nSPS) is 13.5. The van der Waals surface area contributed by atoms with Gasteiger partial charge in [-0.2, -0.15) is 0 Å². The number of anilines is 2. The van der Waals surface area contributed by atoms with Crippen LogP contribution in [0.2, 0.25) is 0 Å². The fourth-order valence-corrected chi connectivity index (χ4v) is 4.18. The fourth-order valence-electron chi connectivity index (χ4n) is 4.18. The largest absolute Gasteiger partial charge is 0.462 e. The number of rotatable bonds is 10. The standard InChI is InChI=1S/C24H28N6O2.C5H10O2/c31-30(32)22-23(26-15-19-11-13-25-14-12-19)27-18-28-24(22)29(16-20-7-3-1-4-8-20)17-21-9-5-2-6-10-21;1-5(2,3)7-4-6/h1-10,18-19,25H,11-17H2,(H,26,27,28);4H,1-3H3. The maximum absolute atomic E-state index is 12.2. The van der Waals surface area contributed by atoms with Gasteiger partial charge in [-0.15, -0.1) is 0 Å². The summed E-state index contributed by atoms with van der Waals surface area (Å²) in [5, 5.41) is 18.7. The summed E-state index contributed by atoms with van der Waals surface area (Å²) in [5.74, 6) is 1.08. The molecule has 0 saturated carbocycles. The molecule has 1 aliphatic heterocycles. The van der Waals surface area contributed by atoms with Crippen LogP contribution in [0.25, 0.3) is 0 Å². The fraction of sp³-hybridized carbons (Fsp3) is 0.414. The van der Waals surface area contributed by atoms with Crippen molar-refractivity contribution in [1.82, 2.24) is 15.3 Å². The molecule has 3 aromatic rings. The van der Waals surface area contributed by atoms with Crippen LogP contribution in [0.4, 0.5) is 17.3 Å². The highest BCUT2D eigenvalue weighted by Crippen LogP contribution is 2.34. The molecule has 10 nitrogen and oxygen atoms in total. The molecular weight excluding hydrogens is 496 g/mol. The summed E-state index contributed by atoms with van der Waals surface area (Å²) in [6.45, 7) is 9.54. The Morgan fingerprint density at radius 3 is 2.05 bits per heavy atom. The quantitative estimate of drug-likeness (QED) is 0.211. The van der Waals surface area contributed by atoms with Gasteiger partial charge in [-0.05, 0) is 63.7 Å². The van der Waals surface area contributed by atoms with Gasteiger partial charge in [-0.25, -0.2) is 9.97 Å². The minimum Gasteiger partial charge on any atom is -0.462 e. The van der Waals surface area contributed by atoms with Crippen molar-refractivity contribution >= 4 is 23.8 Å². The molecule has 0 spiro atoms. The lowest BCUT2D eigenvalue weighted by Gasteiger charge is -2.25. The summed E-state index contributed by atoms with van der Waals surface area (Å²) in [5.41, 5.74) is 1.72. The first-order chi connectivity index (χ1) is 18.8. The molecule has 1 saturated heterocycles. The summed E-state index contributed by atoms with van der Waals surface area (Å²) in [6, 6.07) is 19.9. The van der Waals surface area contributed by atoms with E-state index in [0.717, 1.165) is 37.1 Å². The number of nitrogens with zero attached hydrogens (tertiary/aromatic N) is 4. The van der Waals surface area contributed by atoms with Crippen LogP contribution < -0.4 is 15.5 Å². The van der Waals surface area contributed by atoms with Crippen LogP contribution in [0.3, 0.4) is 0 Å². The predicted molar refractivity (Wildman–Crippen MR) is 152 cm³/mol. The van der Waals surface area contributed by atoms with Crippen molar-refractivity contribution in [2.75, 3.05) is 29.9 Å². The van der Waals surface area contributed by atoms with E-state index in [1.807, 2.05) is 86.3 Å². The summed E-state index contributed by atoms with van der Waals surface area (Å²) in [4.78, 5) is 31.9. The van der Waals surface area contributed by atoms with Gasteiger partial charge in [0, 0.05) is 19.6 Å². The molecule has 2 N–H and O–H groups in total. The number of ether oxygens (including phenoxy) is 1. The molecule has 0 unspecified atom stereocenters. The van der Waals surface area contributed by atoms with E-state index >= 15 is 0 Å². The SMILES string of the molecule is CC(C)(C)OC=O.O=[N+]([O-])c1c(NCC2CCNCC2)ncnc1N(Cc1ccccc1)Cc1ccccc1. The number of carbonyl (C=O) groups is 1. The Bertz CT molecular complexity index is 1120. The third-order valence-electron chi connectivity index (χ3n) is 6.14. The molecule has 0 radical (unpaired) electrons. The van der Waals surface area contributed by atoms with Crippen molar-refractivity contribution in [3.8, 4) is 0 Å². The first kappa shape index (κ1) is 29.5. The lowest BCUT2D eigenvalue weighted by atomic mass is 9.98. The number of hydrogen-bond acceptors (Lipinski definition) is 9. The molecule has 1 aliphatic rings. The molecule has 1 aromatic heterocycles. The van der Waals surface area contributed by atoms with Crippen molar-refractivity contribution < 1.29 is 14.5 Å². The summed E-state index contributed by atoms with van der Waals surface area (Å²) >= 11 is 0. The zero-order chi connectivity index (χ0) is 28.1. The van der Waals surface area contributed by atoms with E-state index in [2.05, 4.69) is 25.3 Å². The smallest absolute Gasteiger partial charge is 0.353 e. The van der Waals surface area contributed by atoms with Gasteiger partial charge in [0.1, 0.15) is 11.9 Å². The van der Waals surface area contributed by atoms with Gasteiger partial charge in [-0.1, -0.05) is 60.7 Å². The Balaban J connectivity index is 0.000000532. The Morgan fingerprint density at radius 2 is 1.59 bits per heavy atom. The van der Waals surface area contributed by atoms with Crippen molar-refractivity contribution in [2.45, 2.75) is 52.3 Å².